The first-order valence-corrected chi connectivity index (χ1v) is 8.49. The van der Waals surface area contributed by atoms with Crippen LogP contribution in [0.25, 0.3) is 0 Å². The molecule has 1 aromatic rings. The van der Waals surface area contributed by atoms with Gasteiger partial charge >= 0.3 is 0 Å². The van der Waals surface area contributed by atoms with Crippen molar-refractivity contribution < 1.29 is 13.3 Å². The maximum absolute atomic E-state index is 12.5. The second-order valence-electron chi connectivity index (χ2n) is 5.53. The van der Waals surface area contributed by atoms with E-state index in [1.165, 1.54) is 16.4 Å². The number of halogens is 1. The van der Waals surface area contributed by atoms with Gasteiger partial charge in [0.05, 0.1) is 9.82 Å². The van der Waals surface area contributed by atoms with Crippen molar-refractivity contribution >= 4 is 27.3 Å². The van der Waals surface area contributed by atoms with Gasteiger partial charge in [-0.25, -0.2) is 8.42 Å². The van der Waals surface area contributed by atoms with Gasteiger partial charge in [-0.15, -0.1) is 0 Å². The van der Waals surface area contributed by atoms with Crippen LogP contribution in [0.5, 0.6) is 0 Å². The fourth-order valence-corrected chi connectivity index (χ4v) is 4.18. The molecular weight excluding hydrogens is 316 g/mol. The Hall–Kier alpha value is -1.18. The van der Waals surface area contributed by atoms with Gasteiger partial charge < -0.3 is 0 Å². The number of nitro benzene ring substituents is 1. The summed E-state index contributed by atoms with van der Waals surface area (Å²) < 4.78 is 26.5. The third-order valence-corrected chi connectivity index (χ3v) is 6.06. The molecule has 1 atom stereocenters. The van der Waals surface area contributed by atoms with E-state index in [4.69, 9.17) is 11.6 Å². The number of hydrogen-bond acceptors (Lipinski definition) is 4. The monoisotopic (exact) mass is 332 g/mol. The predicted molar refractivity (Wildman–Crippen MR) is 79.8 cm³/mol. The minimum absolute atomic E-state index is 0.0690. The van der Waals surface area contributed by atoms with E-state index in [0.29, 0.717) is 24.9 Å². The van der Waals surface area contributed by atoms with E-state index in [0.717, 1.165) is 12.5 Å². The van der Waals surface area contributed by atoms with E-state index in [2.05, 4.69) is 13.8 Å². The van der Waals surface area contributed by atoms with Gasteiger partial charge in [0.2, 0.25) is 10.0 Å². The summed E-state index contributed by atoms with van der Waals surface area (Å²) in [6.45, 7) is 5.03. The molecule has 2 rings (SSSR count). The maximum Gasteiger partial charge on any atom is 0.289 e. The van der Waals surface area contributed by atoms with Crippen molar-refractivity contribution in [1.29, 1.82) is 0 Å². The summed E-state index contributed by atoms with van der Waals surface area (Å²) in [5.74, 6) is 0.729. The highest BCUT2D eigenvalue weighted by Gasteiger charge is 2.34. The standard InChI is InChI=1S/C13H17ClN2O4S/c1-9(2)10-5-6-15(8-10)21(19,20)11-3-4-12(14)13(7-11)16(17)18/h3-4,7,9-10H,5-6,8H2,1-2H3. The second kappa shape index (κ2) is 5.90. The SMILES string of the molecule is CC(C)C1CCN(S(=O)(=O)c2ccc(Cl)c([N+](=O)[O-])c2)C1. The highest BCUT2D eigenvalue weighted by Crippen LogP contribution is 2.32. The first-order chi connectivity index (χ1) is 9.73. The molecule has 1 saturated heterocycles. The first kappa shape index (κ1) is 16.2. The molecule has 1 unspecified atom stereocenters. The zero-order valence-electron chi connectivity index (χ0n) is 11.8. The van der Waals surface area contributed by atoms with E-state index < -0.39 is 20.6 Å². The van der Waals surface area contributed by atoms with Crippen molar-refractivity contribution in [1.82, 2.24) is 4.31 Å². The minimum atomic E-state index is -3.71. The Morgan fingerprint density at radius 1 is 1.43 bits per heavy atom. The molecule has 0 aliphatic carbocycles. The number of nitro groups is 1. The van der Waals surface area contributed by atoms with Gasteiger partial charge in [-0.1, -0.05) is 25.4 Å². The Labute approximate surface area is 128 Å². The summed E-state index contributed by atoms with van der Waals surface area (Å²) in [6.07, 6.45) is 0.812. The molecule has 116 valence electrons. The van der Waals surface area contributed by atoms with Crippen LogP contribution in [0.15, 0.2) is 23.1 Å². The highest BCUT2D eigenvalue weighted by molar-refractivity contribution is 7.89. The summed E-state index contributed by atoms with van der Waals surface area (Å²) >= 11 is 5.72. The fraction of sp³-hybridized carbons (Fsp3) is 0.538. The van der Waals surface area contributed by atoms with Crippen LogP contribution in [-0.2, 0) is 10.0 Å². The van der Waals surface area contributed by atoms with E-state index in [9.17, 15) is 18.5 Å². The quantitative estimate of drug-likeness (QED) is 0.627. The molecule has 0 spiro atoms. The first-order valence-electron chi connectivity index (χ1n) is 6.67. The van der Waals surface area contributed by atoms with Crippen LogP contribution in [0.4, 0.5) is 5.69 Å². The van der Waals surface area contributed by atoms with Gasteiger partial charge in [0.1, 0.15) is 5.02 Å². The molecule has 6 nitrogen and oxygen atoms in total. The van der Waals surface area contributed by atoms with Crippen LogP contribution in [0, 0.1) is 22.0 Å². The molecule has 1 aromatic carbocycles. The van der Waals surface area contributed by atoms with Crippen molar-refractivity contribution in [3.05, 3.63) is 33.3 Å². The predicted octanol–water partition coefficient (Wildman–Crippen LogP) is 2.91. The Morgan fingerprint density at radius 2 is 2.10 bits per heavy atom. The Balaban J connectivity index is 2.33. The zero-order valence-corrected chi connectivity index (χ0v) is 13.4. The van der Waals surface area contributed by atoms with Crippen molar-refractivity contribution in [2.75, 3.05) is 13.1 Å². The summed E-state index contributed by atoms with van der Waals surface area (Å²) in [6, 6.07) is 3.59. The number of sulfonamides is 1. The lowest BCUT2D eigenvalue weighted by molar-refractivity contribution is -0.384. The molecular formula is C13H17ClN2O4S. The van der Waals surface area contributed by atoms with E-state index >= 15 is 0 Å². The molecule has 1 heterocycles. The molecule has 0 amide bonds. The van der Waals surface area contributed by atoms with Crippen LogP contribution < -0.4 is 0 Å². The molecule has 0 N–H and O–H groups in total. The maximum atomic E-state index is 12.5. The van der Waals surface area contributed by atoms with Crippen molar-refractivity contribution in [2.24, 2.45) is 11.8 Å². The highest BCUT2D eigenvalue weighted by atomic mass is 35.5. The minimum Gasteiger partial charge on any atom is -0.258 e. The normalized spacial score (nSPS) is 20.1. The Bertz CT molecular complexity index is 660. The number of rotatable bonds is 4. The molecule has 0 bridgehead atoms. The van der Waals surface area contributed by atoms with Gasteiger partial charge in [-0.3, -0.25) is 10.1 Å². The van der Waals surface area contributed by atoms with Crippen LogP contribution in [0.1, 0.15) is 20.3 Å². The summed E-state index contributed by atoms with van der Waals surface area (Å²) in [5, 5.41) is 10.8. The molecule has 1 aliphatic heterocycles. The van der Waals surface area contributed by atoms with Gasteiger partial charge in [0.25, 0.3) is 5.69 Å². The molecule has 0 aromatic heterocycles. The second-order valence-corrected chi connectivity index (χ2v) is 7.87. The van der Waals surface area contributed by atoms with Gasteiger partial charge in [-0.05, 0) is 30.4 Å². The van der Waals surface area contributed by atoms with Gasteiger partial charge in [0.15, 0.2) is 0 Å². The van der Waals surface area contributed by atoms with E-state index in [1.807, 2.05) is 0 Å². The third-order valence-electron chi connectivity index (χ3n) is 3.88. The topological polar surface area (TPSA) is 80.5 Å². The number of hydrogen-bond donors (Lipinski definition) is 0. The lowest BCUT2D eigenvalue weighted by Gasteiger charge is -2.18. The smallest absolute Gasteiger partial charge is 0.258 e. The molecule has 1 fully saturated rings. The average Bonchev–Trinajstić information content (AvgIpc) is 2.89. The van der Waals surface area contributed by atoms with Gasteiger partial charge in [-0.2, -0.15) is 4.31 Å². The third kappa shape index (κ3) is 3.20. The lowest BCUT2D eigenvalue weighted by atomic mass is 9.96. The Morgan fingerprint density at radius 3 is 2.62 bits per heavy atom. The van der Waals surface area contributed by atoms with E-state index in [1.54, 1.807) is 0 Å². The van der Waals surface area contributed by atoms with Gasteiger partial charge in [0, 0.05) is 19.2 Å². The average molecular weight is 333 g/mol. The van der Waals surface area contributed by atoms with Crippen LogP contribution >= 0.6 is 11.6 Å². The summed E-state index contributed by atoms with van der Waals surface area (Å²) in [7, 11) is -3.71. The summed E-state index contributed by atoms with van der Waals surface area (Å²) in [5.41, 5.74) is -0.391. The van der Waals surface area contributed by atoms with E-state index in [-0.39, 0.29) is 9.92 Å². The van der Waals surface area contributed by atoms with Crippen molar-refractivity contribution in [2.45, 2.75) is 25.2 Å². The molecule has 8 heteroatoms. The van der Waals surface area contributed by atoms with Crippen LogP contribution in [0.2, 0.25) is 5.02 Å². The molecule has 0 saturated carbocycles. The zero-order chi connectivity index (χ0) is 15.8. The van der Waals surface area contributed by atoms with Crippen molar-refractivity contribution in [3.63, 3.8) is 0 Å². The molecule has 21 heavy (non-hydrogen) atoms. The summed E-state index contributed by atoms with van der Waals surface area (Å²) in [4.78, 5) is 10.1. The lowest BCUT2D eigenvalue weighted by Crippen LogP contribution is -2.29. The molecule has 1 aliphatic rings. The van der Waals surface area contributed by atoms with Crippen LogP contribution in [0.3, 0.4) is 0 Å². The largest absolute Gasteiger partial charge is 0.289 e. The van der Waals surface area contributed by atoms with Crippen molar-refractivity contribution in [3.8, 4) is 0 Å². The fourth-order valence-electron chi connectivity index (χ4n) is 2.46. The van der Waals surface area contributed by atoms with Crippen LogP contribution in [-0.4, -0.2) is 30.7 Å². The number of nitrogens with zero attached hydrogens (tertiary/aromatic N) is 2. The number of benzene rings is 1. The molecule has 0 radical (unpaired) electrons. The Kier molecular flexibility index (Phi) is 4.55.